The Morgan fingerprint density at radius 3 is 2.55 bits per heavy atom. The van der Waals surface area contributed by atoms with Gasteiger partial charge in [-0.15, -0.1) is 0 Å². The Bertz CT molecular complexity index is 914. The second-order valence-electron chi connectivity index (χ2n) is 6.86. The average Bonchev–Trinajstić information content (AvgIpc) is 2.77. The summed E-state index contributed by atoms with van der Waals surface area (Å²) in [5.41, 5.74) is 4.58. The largest absolute Gasteiger partial charge is 0.369 e. The third-order valence-electron chi connectivity index (χ3n) is 4.75. The van der Waals surface area contributed by atoms with Gasteiger partial charge in [0.05, 0.1) is 5.69 Å². The first kappa shape index (κ1) is 20.4. The fourth-order valence-corrected chi connectivity index (χ4v) is 3.00. The van der Waals surface area contributed by atoms with Crippen LogP contribution in [-0.2, 0) is 4.79 Å². The highest BCUT2D eigenvalue weighted by Crippen LogP contribution is 2.18. The number of piperazine rings is 1. The number of hydroxylamine groups is 1. The monoisotopic (exact) mass is 392 g/mol. The Morgan fingerprint density at radius 1 is 1.07 bits per heavy atom. The van der Waals surface area contributed by atoms with E-state index in [2.05, 4.69) is 21.8 Å². The first-order chi connectivity index (χ1) is 14.0. The number of ketones is 1. The summed E-state index contributed by atoms with van der Waals surface area (Å²) in [5.74, 6) is -0.690. The smallest absolute Gasteiger partial charge is 0.267 e. The van der Waals surface area contributed by atoms with Crippen LogP contribution in [0.4, 0.5) is 5.69 Å². The number of nitrogens with zero attached hydrogens (tertiary/aromatic N) is 3. The molecule has 1 aliphatic rings. The van der Waals surface area contributed by atoms with Gasteiger partial charge in [-0.2, -0.15) is 0 Å². The van der Waals surface area contributed by atoms with Gasteiger partial charge in [0, 0.05) is 49.7 Å². The molecule has 0 unspecified atom stereocenters. The molecule has 1 saturated heterocycles. The van der Waals surface area contributed by atoms with E-state index in [4.69, 9.17) is 5.21 Å². The first-order valence-corrected chi connectivity index (χ1v) is 9.39. The fraction of sp³-hybridized carbons (Fsp3) is 0.227. The van der Waals surface area contributed by atoms with Crippen LogP contribution in [0.1, 0.15) is 21.6 Å². The van der Waals surface area contributed by atoms with Gasteiger partial charge in [0.15, 0.2) is 5.78 Å². The molecule has 1 amide bonds. The molecule has 2 heterocycles. The van der Waals surface area contributed by atoms with Gasteiger partial charge in [-0.1, -0.05) is 18.2 Å². The molecular weight excluding hydrogens is 368 g/mol. The number of hydrogen-bond acceptors (Lipinski definition) is 6. The lowest BCUT2D eigenvalue weighted by Gasteiger charge is -2.34. The minimum Gasteiger partial charge on any atom is -0.369 e. The molecule has 7 heteroatoms. The number of benzene rings is 1. The fourth-order valence-electron chi connectivity index (χ4n) is 3.00. The SMILES string of the molecule is CN1CCN(c2cccc(C(=O)/C=C/c3ccc(/C=C/C(=O)NO)nc3)c2)CC1. The molecule has 0 atom stereocenters. The van der Waals surface area contributed by atoms with Crippen LogP contribution in [0.3, 0.4) is 0 Å². The molecule has 0 saturated carbocycles. The Hall–Kier alpha value is -3.29. The van der Waals surface area contributed by atoms with Crippen molar-refractivity contribution in [2.75, 3.05) is 38.1 Å². The van der Waals surface area contributed by atoms with Crippen molar-refractivity contribution in [2.24, 2.45) is 0 Å². The first-order valence-electron chi connectivity index (χ1n) is 9.39. The zero-order valence-corrected chi connectivity index (χ0v) is 16.3. The number of anilines is 1. The number of pyridine rings is 1. The highest BCUT2D eigenvalue weighted by atomic mass is 16.5. The van der Waals surface area contributed by atoms with Crippen molar-refractivity contribution < 1.29 is 14.8 Å². The van der Waals surface area contributed by atoms with Crippen LogP contribution >= 0.6 is 0 Å². The number of nitrogens with one attached hydrogen (secondary N) is 1. The summed E-state index contributed by atoms with van der Waals surface area (Å²) in [6.45, 7) is 3.94. The van der Waals surface area contributed by atoms with E-state index in [9.17, 15) is 9.59 Å². The quantitative estimate of drug-likeness (QED) is 0.339. The van der Waals surface area contributed by atoms with Crippen LogP contribution in [0.5, 0.6) is 0 Å². The number of likely N-dealkylation sites (N-methyl/N-ethyl adjacent to an activating group) is 1. The normalized spacial score (nSPS) is 15.2. The van der Waals surface area contributed by atoms with Crippen LogP contribution in [-0.4, -0.2) is 60.0 Å². The van der Waals surface area contributed by atoms with Gasteiger partial charge in [0.1, 0.15) is 0 Å². The number of carbonyl (C=O) groups excluding carboxylic acids is 2. The molecule has 150 valence electrons. The third-order valence-corrected chi connectivity index (χ3v) is 4.75. The number of rotatable bonds is 6. The second-order valence-corrected chi connectivity index (χ2v) is 6.86. The summed E-state index contributed by atoms with van der Waals surface area (Å²) in [5, 5.41) is 8.46. The van der Waals surface area contributed by atoms with E-state index in [0.717, 1.165) is 37.4 Å². The summed E-state index contributed by atoms with van der Waals surface area (Å²) < 4.78 is 0. The number of carbonyl (C=O) groups is 2. The van der Waals surface area contributed by atoms with Crippen molar-refractivity contribution >= 4 is 29.5 Å². The van der Waals surface area contributed by atoms with Crippen molar-refractivity contribution in [3.63, 3.8) is 0 Å². The van der Waals surface area contributed by atoms with Crippen LogP contribution in [0, 0.1) is 0 Å². The number of allylic oxidation sites excluding steroid dienone is 1. The van der Waals surface area contributed by atoms with E-state index in [1.54, 1.807) is 24.4 Å². The standard InChI is InChI=1S/C22H24N4O3/c1-25-11-13-26(14-12-25)20-4-2-3-18(15-20)21(27)9-6-17-5-7-19(23-16-17)8-10-22(28)24-29/h2-10,15-16,29H,11-14H2,1H3,(H,24,28)/b9-6+,10-8+. The Morgan fingerprint density at radius 2 is 1.86 bits per heavy atom. The van der Waals surface area contributed by atoms with Gasteiger partial charge in [0.2, 0.25) is 0 Å². The van der Waals surface area contributed by atoms with Gasteiger partial charge in [-0.3, -0.25) is 19.8 Å². The summed E-state index contributed by atoms with van der Waals surface area (Å²) in [6, 6.07) is 11.2. The predicted molar refractivity (Wildman–Crippen MR) is 113 cm³/mol. The zero-order valence-electron chi connectivity index (χ0n) is 16.3. The Kier molecular flexibility index (Phi) is 6.89. The molecule has 2 aromatic rings. The highest BCUT2D eigenvalue weighted by molar-refractivity contribution is 6.07. The van der Waals surface area contributed by atoms with Gasteiger partial charge >= 0.3 is 0 Å². The highest BCUT2D eigenvalue weighted by Gasteiger charge is 2.15. The third kappa shape index (κ3) is 5.84. The Balaban J connectivity index is 1.64. The minimum absolute atomic E-state index is 0.0652. The lowest BCUT2D eigenvalue weighted by atomic mass is 10.1. The van der Waals surface area contributed by atoms with E-state index in [0.29, 0.717) is 11.3 Å². The number of aromatic nitrogens is 1. The maximum Gasteiger partial charge on any atom is 0.267 e. The number of hydrogen-bond donors (Lipinski definition) is 2. The van der Waals surface area contributed by atoms with Crippen molar-refractivity contribution in [3.05, 3.63) is 71.6 Å². The summed E-state index contributed by atoms with van der Waals surface area (Å²) in [4.78, 5) is 32.3. The molecule has 1 aromatic carbocycles. The van der Waals surface area contributed by atoms with Crippen molar-refractivity contribution in [3.8, 4) is 0 Å². The maximum atomic E-state index is 12.6. The second kappa shape index (κ2) is 9.77. The topological polar surface area (TPSA) is 85.8 Å². The van der Waals surface area contributed by atoms with Crippen LogP contribution in [0.25, 0.3) is 12.2 Å². The zero-order chi connectivity index (χ0) is 20.6. The summed E-state index contributed by atoms with van der Waals surface area (Å²) in [7, 11) is 2.12. The van der Waals surface area contributed by atoms with Crippen LogP contribution < -0.4 is 10.4 Å². The molecule has 3 rings (SSSR count). The predicted octanol–water partition coefficient (Wildman–Crippen LogP) is 2.25. The molecule has 1 fully saturated rings. The van der Waals surface area contributed by atoms with Crippen molar-refractivity contribution in [1.29, 1.82) is 0 Å². The van der Waals surface area contributed by atoms with Crippen molar-refractivity contribution in [1.82, 2.24) is 15.4 Å². The molecule has 1 aliphatic heterocycles. The van der Waals surface area contributed by atoms with E-state index in [1.165, 1.54) is 23.7 Å². The summed E-state index contributed by atoms with van der Waals surface area (Å²) in [6.07, 6.45) is 7.52. The Labute approximate surface area is 169 Å². The lowest BCUT2D eigenvalue weighted by molar-refractivity contribution is -0.124. The molecule has 0 aliphatic carbocycles. The minimum atomic E-state index is -0.625. The van der Waals surface area contributed by atoms with Crippen LogP contribution in [0.15, 0.2) is 54.7 Å². The molecule has 0 radical (unpaired) electrons. The van der Waals surface area contributed by atoms with Crippen molar-refractivity contribution in [2.45, 2.75) is 0 Å². The van der Waals surface area contributed by atoms with Gasteiger partial charge < -0.3 is 9.80 Å². The summed E-state index contributed by atoms with van der Waals surface area (Å²) >= 11 is 0. The molecule has 1 aromatic heterocycles. The lowest BCUT2D eigenvalue weighted by Crippen LogP contribution is -2.44. The van der Waals surface area contributed by atoms with E-state index in [-0.39, 0.29) is 5.78 Å². The maximum absolute atomic E-state index is 12.6. The average molecular weight is 392 g/mol. The number of amides is 1. The van der Waals surface area contributed by atoms with Crippen LogP contribution in [0.2, 0.25) is 0 Å². The van der Waals surface area contributed by atoms with Gasteiger partial charge in [-0.25, -0.2) is 5.48 Å². The van der Waals surface area contributed by atoms with E-state index >= 15 is 0 Å². The molecule has 0 bridgehead atoms. The van der Waals surface area contributed by atoms with Gasteiger partial charge in [0.25, 0.3) is 5.91 Å². The molecule has 29 heavy (non-hydrogen) atoms. The molecule has 7 nitrogen and oxygen atoms in total. The molecule has 0 spiro atoms. The molecular formula is C22H24N4O3. The van der Waals surface area contributed by atoms with E-state index < -0.39 is 5.91 Å². The van der Waals surface area contributed by atoms with Gasteiger partial charge in [-0.05, 0) is 49.0 Å². The molecule has 2 N–H and O–H groups in total. The van der Waals surface area contributed by atoms with E-state index in [1.807, 2.05) is 24.3 Å².